The summed E-state index contributed by atoms with van der Waals surface area (Å²) in [7, 11) is 0. The van der Waals surface area contributed by atoms with Gasteiger partial charge in [0.2, 0.25) is 0 Å². The van der Waals surface area contributed by atoms with Crippen molar-refractivity contribution in [1.82, 2.24) is 9.97 Å². The molecule has 1 heterocycles. The number of hydrogen-bond donors (Lipinski definition) is 2. The summed E-state index contributed by atoms with van der Waals surface area (Å²) in [5.41, 5.74) is 2.08. The number of aromatic hydroxyl groups is 2. The molecule has 90 valence electrons. The fraction of sp³-hybridized carbons (Fsp3) is 0. The quantitative estimate of drug-likeness (QED) is 0.489. The maximum Gasteiger partial charge on any atom is 0.159 e. The molecule has 0 saturated heterocycles. The van der Waals surface area contributed by atoms with E-state index in [1.165, 1.54) is 12.1 Å². The van der Waals surface area contributed by atoms with Crippen LogP contribution in [0.4, 0.5) is 0 Å². The molecule has 0 aliphatic carbocycles. The maximum atomic E-state index is 9.42. The molecule has 2 aromatic carbocycles. The number of phenols is 2. The average Bonchev–Trinajstić information content (AvgIpc) is 2.31. The number of aromatic nitrogens is 2. The van der Waals surface area contributed by atoms with Gasteiger partial charge < -0.3 is 10.2 Å². The summed E-state index contributed by atoms with van der Waals surface area (Å²) in [5.74, 6) is -0.479. The third kappa shape index (κ3) is 1.70. The SMILES string of the molecule is Oc1cc2nc3cc(Cl)c(Cl)cc3nc2cc1O. The van der Waals surface area contributed by atoms with E-state index in [1.54, 1.807) is 12.1 Å². The average molecular weight is 281 g/mol. The molecule has 0 atom stereocenters. The Labute approximate surface area is 111 Å². The molecule has 0 saturated carbocycles. The van der Waals surface area contributed by atoms with Gasteiger partial charge in [0.25, 0.3) is 0 Å². The topological polar surface area (TPSA) is 66.2 Å². The van der Waals surface area contributed by atoms with Crippen LogP contribution >= 0.6 is 23.2 Å². The summed E-state index contributed by atoms with van der Waals surface area (Å²) in [4.78, 5) is 8.61. The number of benzene rings is 2. The van der Waals surface area contributed by atoms with Crippen molar-refractivity contribution in [3.05, 3.63) is 34.3 Å². The van der Waals surface area contributed by atoms with Gasteiger partial charge in [-0.25, -0.2) is 9.97 Å². The zero-order chi connectivity index (χ0) is 12.9. The van der Waals surface area contributed by atoms with Crippen LogP contribution in [-0.2, 0) is 0 Å². The standard InChI is InChI=1S/C12H6Cl2N2O2/c13-5-1-7-8(2-6(5)14)16-10-4-12(18)11(17)3-9(10)15-7/h1-4,17-18H. The van der Waals surface area contributed by atoms with Crippen molar-refractivity contribution < 1.29 is 10.2 Å². The number of rotatable bonds is 0. The second-order valence-corrected chi connectivity index (χ2v) is 4.62. The second kappa shape index (κ2) is 3.86. The molecule has 2 N–H and O–H groups in total. The summed E-state index contributed by atoms with van der Waals surface area (Å²) in [6.45, 7) is 0. The van der Waals surface area contributed by atoms with Gasteiger partial charge in [-0.1, -0.05) is 23.2 Å². The molecule has 0 aliphatic rings. The van der Waals surface area contributed by atoms with E-state index in [0.717, 1.165) is 0 Å². The normalized spacial score (nSPS) is 11.2. The lowest BCUT2D eigenvalue weighted by Crippen LogP contribution is -1.88. The molecule has 0 amide bonds. The molecular formula is C12H6Cl2N2O2. The smallest absolute Gasteiger partial charge is 0.159 e. The highest BCUT2D eigenvalue weighted by Gasteiger charge is 2.08. The van der Waals surface area contributed by atoms with Crippen molar-refractivity contribution in [3.63, 3.8) is 0 Å². The Morgan fingerprint density at radius 1 is 0.667 bits per heavy atom. The Kier molecular flexibility index (Phi) is 2.43. The Morgan fingerprint density at radius 2 is 1.00 bits per heavy atom. The summed E-state index contributed by atoms with van der Waals surface area (Å²) < 4.78 is 0. The van der Waals surface area contributed by atoms with Gasteiger partial charge in [0.05, 0.1) is 32.1 Å². The first-order valence-corrected chi connectivity index (χ1v) is 5.78. The summed E-state index contributed by atoms with van der Waals surface area (Å²) in [6.07, 6.45) is 0. The lowest BCUT2D eigenvalue weighted by atomic mass is 10.2. The lowest BCUT2D eigenvalue weighted by molar-refractivity contribution is 0.404. The molecule has 18 heavy (non-hydrogen) atoms. The predicted octanol–water partition coefficient (Wildman–Crippen LogP) is 3.50. The minimum Gasteiger partial charge on any atom is -0.504 e. The van der Waals surface area contributed by atoms with E-state index in [4.69, 9.17) is 23.2 Å². The largest absolute Gasteiger partial charge is 0.504 e. The zero-order valence-corrected chi connectivity index (χ0v) is 10.4. The van der Waals surface area contributed by atoms with Gasteiger partial charge in [-0.05, 0) is 12.1 Å². The first-order valence-electron chi connectivity index (χ1n) is 5.03. The predicted molar refractivity (Wildman–Crippen MR) is 70.4 cm³/mol. The second-order valence-electron chi connectivity index (χ2n) is 3.81. The van der Waals surface area contributed by atoms with Crippen molar-refractivity contribution >= 4 is 45.3 Å². The Balaban J connectivity index is 2.43. The summed E-state index contributed by atoms with van der Waals surface area (Å²) in [5, 5.41) is 19.6. The Hall–Kier alpha value is -1.78. The van der Waals surface area contributed by atoms with Gasteiger partial charge >= 0.3 is 0 Å². The van der Waals surface area contributed by atoms with Crippen LogP contribution in [-0.4, -0.2) is 20.2 Å². The molecule has 0 spiro atoms. The van der Waals surface area contributed by atoms with Gasteiger partial charge in [-0.3, -0.25) is 0 Å². The number of fused-ring (bicyclic) bond motifs is 2. The molecular weight excluding hydrogens is 275 g/mol. The van der Waals surface area contributed by atoms with Crippen molar-refractivity contribution in [1.29, 1.82) is 0 Å². The van der Waals surface area contributed by atoms with Gasteiger partial charge in [0, 0.05) is 12.1 Å². The summed E-state index contributed by atoms with van der Waals surface area (Å²) in [6, 6.07) is 5.91. The first kappa shape index (κ1) is 11.3. The van der Waals surface area contributed by atoms with E-state index >= 15 is 0 Å². The zero-order valence-electron chi connectivity index (χ0n) is 8.85. The van der Waals surface area contributed by atoms with Crippen LogP contribution in [0.1, 0.15) is 0 Å². The van der Waals surface area contributed by atoms with E-state index in [0.29, 0.717) is 32.1 Å². The number of nitrogens with zero attached hydrogens (tertiary/aromatic N) is 2. The minimum atomic E-state index is -0.240. The fourth-order valence-corrected chi connectivity index (χ4v) is 2.01. The first-order chi connectivity index (χ1) is 8.54. The molecule has 0 unspecified atom stereocenters. The monoisotopic (exact) mass is 280 g/mol. The molecule has 0 fully saturated rings. The molecule has 3 aromatic rings. The fourth-order valence-electron chi connectivity index (χ4n) is 1.70. The third-order valence-corrected chi connectivity index (χ3v) is 3.29. The van der Waals surface area contributed by atoms with Crippen LogP contribution in [0, 0.1) is 0 Å². The van der Waals surface area contributed by atoms with Crippen molar-refractivity contribution in [3.8, 4) is 11.5 Å². The molecule has 0 radical (unpaired) electrons. The van der Waals surface area contributed by atoms with Gasteiger partial charge in [0.15, 0.2) is 11.5 Å². The van der Waals surface area contributed by atoms with Crippen molar-refractivity contribution in [2.75, 3.05) is 0 Å². The molecule has 4 nitrogen and oxygen atoms in total. The third-order valence-electron chi connectivity index (χ3n) is 2.57. The van der Waals surface area contributed by atoms with E-state index < -0.39 is 0 Å². The van der Waals surface area contributed by atoms with Crippen LogP contribution in [0.15, 0.2) is 24.3 Å². The molecule has 0 aliphatic heterocycles. The molecule has 6 heteroatoms. The lowest BCUT2D eigenvalue weighted by Gasteiger charge is -2.04. The minimum absolute atomic E-state index is 0.240. The van der Waals surface area contributed by atoms with E-state index in [2.05, 4.69) is 9.97 Å². The van der Waals surface area contributed by atoms with Gasteiger partial charge in [-0.2, -0.15) is 0 Å². The molecule has 3 rings (SSSR count). The van der Waals surface area contributed by atoms with Crippen LogP contribution in [0.5, 0.6) is 11.5 Å². The highest BCUT2D eigenvalue weighted by molar-refractivity contribution is 6.42. The number of halogens is 2. The maximum absolute atomic E-state index is 9.42. The van der Waals surface area contributed by atoms with E-state index in [1.807, 2.05) is 0 Å². The van der Waals surface area contributed by atoms with Crippen molar-refractivity contribution in [2.45, 2.75) is 0 Å². The highest BCUT2D eigenvalue weighted by Crippen LogP contribution is 2.31. The van der Waals surface area contributed by atoms with Gasteiger partial charge in [0.1, 0.15) is 0 Å². The van der Waals surface area contributed by atoms with Crippen molar-refractivity contribution in [2.24, 2.45) is 0 Å². The van der Waals surface area contributed by atoms with Crippen LogP contribution in [0.2, 0.25) is 10.0 Å². The Bertz CT molecular complexity index is 661. The van der Waals surface area contributed by atoms with Crippen LogP contribution < -0.4 is 0 Å². The van der Waals surface area contributed by atoms with Crippen LogP contribution in [0.25, 0.3) is 22.1 Å². The van der Waals surface area contributed by atoms with E-state index in [-0.39, 0.29) is 11.5 Å². The van der Waals surface area contributed by atoms with Crippen LogP contribution in [0.3, 0.4) is 0 Å². The molecule has 1 aromatic heterocycles. The highest BCUT2D eigenvalue weighted by atomic mass is 35.5. The molecule has 0 bridgehead atoms. The van der Waals surface area contributed by atoms with Gasteiger partial charge in [-0.15, -0.1) is 0 Å². The number of phenolic OH excluding ortho intramolecular Hbond substituents is 2. The Morgan fingerprint density at radius 3 is 1.39 bits per heavy atom. The number of hydrogen-bond acceptors (Lipinski definition) is 4. The summed E-state index contributed by atoms with van der Waals surface area (Å²) >= 11 is 11.8. The van der Waals surface area contributed by atoms with E-state index in [9.17, 15) is 10.2 Å².